The molecular weight excluding hydrogens is 280 g/mol. The second-order valence-electron chi connectivity index (χ2n) is 6.18. The van der Waals surface area contributed by atoms with Gasteiger partial charge in [-0.3, -0.25) is 9.48 Å². The van der Waals surface area contributed by atoms with Crippen LogP contribution in [-0.2, 0) is 5.54 Å². The van der Waals surface area contributed by atoms with Crippen molar-refractivity contribution in [2.75, 3.05) is 12.4 Å². The average molecular weight is 302 g/mol. The van der Waals surface area contributed by atoms with Crippen molar-refractivity contribution in [1.82, 2.24) is 14.8 Å². The summed E-state index contributed by atoms with van der Waals surface area (Å²) >= 11 is 0. The van der Waals surface area contributed by atoms with E-state index in [-0.39, 0.29) is 11.4 Å². The van der Waals surface area contributed by atoms with Gasteiger partial charge in [0.2, 0.25) is 0 Å². The fourth-order valence-corrected chi connectivity index (χ4v) is 2.28. The van der Waals surface area contributed by atoms with Crippen LogP contribution in [0.2, 0.25) is 0 Å². The lowest BCUT2D eigenvalue weighted by Gasteiger charge is -2.21. The number of aryl methyl sites for hydroxylation is 1. The fraction of sp³-hybridized carbons (Fsp3) is 0.438. The number of pyridine rings is 1. The lowest BCUT2D eigenvalue weighted by molar-refractivity contribution is 0.102. The van der Waals surface area contributed by atoms with E-state index in [1.807, 2.05) is 45.4 Å². The predicted molar refractivity (Wildman–Crippen MR) is 85.4 cm³/mol. The number of rotatable bonds is 3. The number of anilines is 1. The summed E-state index contributed by atoms with van der Waals surface area (Å²) in [6.07, 6.45) is 1.58. The van der Waals surface area contributed by atoms with Gasteiger partial charge in [0.15, 0.2) is 11.6 Å². The molecule has 0 bridgehead atoms. The SMILES string of the molecule is COc1ccc(C)nc1NC(=O)c1cnn(C(C)(C)C)c1C. The highest BCUT2D eigenvalue weighted by Crippen LogP contribution is 2.24. The van der Waals surface area contributed by atoms with Crippen LogP contribution in [-0.4, -0.2) is 27.8 Å². The topological polar surface area (TPSA) is 69.0 Å². The van der Waals surface area contributed by atoms with Gasteiger partial charge >= 0.3 is 0 Å². The molecule has 0 aliphatic carbocycles. The summed E-state index contributed by atoms with van der Waals surface area (Å²) in [5.41, 5.74) is 1.97. The summed E-state index contributed by atoms with van der Waals surface area (Å²) < 4.78 is 7.06. The van der Waals surface area contributed by atoms with E-state index in [1.54, 1.807) is 19.4 Å². The number of amides is 1. The summed E-state index contributed by atoms with van der Waals surface area (Å²) in [7, 11) is 1.55. The first-order valence-electron chi connectivity index (χ1n) is 7.12. The molecule has 0 saturated heterocycles. The molecule has 0 unspecified atom stereocenters. The molecule has 0 radical (unpaired) electrons. The van der Waals surface area contributed by atoms with Crippen molar-refractivity contribution in [1.29, 1.82) is 0 Å². The normalized spacial score (nSPS) is 11.4. The van der Waals surface area contributed by atoms with Crippen molar-refractivity contribution < 1.29 is 9.53 Å². The van der Waals surface area contributed by atoms with Crippen molar-refractivity contribution in [3.05, 3.63) is 35.3 Å². The molecule has 0 spiro atoms. The Morgan fingerprint density at radius 3 is 2.50 bits per heavy atom. The van der Waals surface area contributed by atoms with Gasteiger partial charge in [-0.2, -0.15) is 5.10 Å². The number of hydrogen-bond acceptors (Lipinski definition) is 4. The summed E-state index contributed by atoms with van der Waals surface area (Å²) in [6, 6.07) is 3.61. The summed E-state index contributed by atoms with van der Waals surface area (Å²) in [4.78, 5) is 16.8. The van der Waals surface area contributed by atoms with Gasteiger partial charge in [-0.05, 0) is 46.8 Å². The third kappa shape index (κ3) is 3.10. The van der Waals surface area contributed by atoms with Crippen LogP contribution in [0.15, 0.2) is 18.3 Å². The standard InChI is InChI=1S/C16H22N4O2/c1-10-7-8-13(22-6)14(18-10)19-15(21)12-9-17-20(11(12)2)16(3,4)5/h7-9H,1-6H3,(H,18,19,21). The Hall–Kier alpha value is -2.37. The third-order valence-electron chi connectivity index (χ3n) is 3.34. The van der Waals surface area contributed by atoms with Crippen LogP contribution in [0.25, 0.3) is 0 Å². The number of nitrogens with zero attached hydrogens (tertiary/aromatic N) is 3. The molecule has 6 heteroatoms. The molecule has 2 aromatic rings. The number of nitrogens with one attached hydrogen (secondary N) is 1. The molecule has 0 aliphatic heterocycles. The molecule has 2 rings (SSSR count). The van der Waals surface area contributed by atoms with Crippen molar-refractivity contribution in [2.24, 2.45) is 0 Å². The average Bonchev–Trinajstić information content (AvgIpc) is 2.81. The van der Waals surface area contributed by atoms with E-state index < -0.39 is 0 Å². The van der Waals surface area contributed by atoms with Crippen molar-refractivity contribution >= 4 is 11.7 Å². The van der Waals surface area contributed by atoms with Gasteiger partial charge < -0.3 is 10.1 Å². The van der Waals surface area contributed by atoms with Gasteiger partial charge in [0.25, 0.3) is 5.91 Å². The molecule has 118 valence electrons. The number of aromatic nitrogens is 3. The monoisotopic (exact) mass is 302 g/mol. The smallest absolute Gasteiger partial charge is 0.260 e. The van der Waals surface area contributed by atoms with Crippen molar-refractivity contribution in [3.63, 3.8) is 0 Å². The van der Waals surface area contributed by atoms with E-state index in [1.165, 1.54) is 0 Å². The molecule has 0 aliphatic rings. The second-order valence-corrected chi connectivity index (χ2v) is 6.18. The molecule has 0 saturated carbocycles. The van der Waals surface area contributed by atoms with Crippen LogP contribution in [0.1, 0.15) is 42.5 Å². The van der Waals surface area contributed by atoms with Gasteiger partial charge in [-0.1, -0.05) is 0 Å². The first-order chi connectivity index (χ1) is 10.2. The maximum atomic E-state index is 12.5. The van der Waals surface area contributed by atoms with Crippen LogP contribution in [0.4, 0.5) is 5.82 Å². The van der Waals surface area contributed by atoms with Crippen LogP contribution in [0.5, 0.6) is 5.75 Å². The Morgan fingerprint density at radius 2 is 1.95 bits per heavy atom. The number of ether oxygens (including phenoxy) is 1. The number of methoxy groups -OCH3 is 1. The van der Waals surface area contributed by atoms with Crippen LogP contribution in [0.3, 0.4) is 0 Å². The van der Waals surface area contributed by atoms with Crippen LogP contribution in [0, 0.1) is 13.8 Å². The Balaban J connectivity index is 2.31. The minimum absolute atomic E-state index is 0.179. The van der Waals surface area contributed by atoms with Gasteiger partial charge in [0.05, 0.1) is 24.4 Å². The zero-order valence-electron chi connectivity index (χ0n) is 13.9. The lowest BCUT2D eigenvalue weighted by atomic mass is 10.1. The lowest BCUT2D eigenvalue weighted by Crippen LogP contribution is -2.25. The molecule has 2 aromatic heterocycles. The highest BCUT2D eigenvalue weighted by atomic mass is 16.5. The molecule has 0 fully saturated rings. The molecule has 2 heterocycles. The van der Waals surface area contributed by atoms with Gasteiger partial charge in [0.1, 0.15) is 0 Å². The first-order valence-corrected chi connectivity index (χ1v) is 7.12. The van der Waals surface area contributed by atoms with Crippen molar-refractivity contribution in [2.45, 2.75) is 40.2 Å². The largest absolute Gasteiger partial charge is 0.493 e. The zero-order chi connectivity index (χ0) is 16.5. The minimum Gasteiger partial charge on any atom is -0.493 e. The van der Waals surface area contributed by atoms with E-state index in [0.29, 0.717) is 17.1 Å². The molecule has 6 nitrogen and oxygen atoms in total. The van der Waals surface area contributed by atoms with Gasteiger partial charge in [0, 0.05) is 11.4 Å². The number of carbonyl (C=O) groups is 1. The van der Waals surface area contributed by atoms with Gasteiger partial charge in [-0.15, -0.1) is 0 Å². The molecular formula is C16H22N4O2. The molecule has 1 N–H and O–H groups in total. The van der Waals surface area contributed by atoms with Crippen LogP contribution >= 0.6 is 0 Å². The number of carbonyl (C=O) groups excluding carboxylic acids is 1. The third-order valence-corrected chi connectivity index (χ3v) is 3.34. The first kappa shape index (κ1) is 16.0. The van der Waals surface area contributed by atoms with E-state index >= 15 is 0 Å². The molecule has 1 amide bonds. The molecule has 0 atom stereocenters. The summed E-state index contributed by atoms with van der Waals surface area (Å²) in [5.74, 6) is 0.694. The maximum Gasteiger partial charge on any atom is 0.260 e. The Labute approximate surface area is 130 Å². The van der Waals surface area contributed by atoms with Crippen molar-refractivity contribution in [3.8, 4) is 5.75 Å². The van der Waals surface area contributed by atoms with Gasteiger partial charge in [-0.25, -0.2) is 4.98 Å². The Bertz CT molecular complexity index is 699. The predicted octanol–water partition coefficient (Wildman–Crippen LogP) is 2.91. The van der Waals surface area contributed by atoms with E-state index in [4.69, 9.17) is 4.74 Å². The summed E-state index contributed by atoms with van der Waals surface area (Å²) in [6.45, 7) is 9.87. The highest BCUT2D eigenvalue weighted by molar-refractivity contribution is 6.05. The van der Waals surface area contributed by atoms with E-state index in [2.05, 4.69) is 15.4 Å². The highest BCUT2D eigenvalue weighted by Gasteiger charge is 2.22. The van der Waals surface area contributed by atoms with E-state index in [9.17, 15) is 4.79 Å². The van der Waals surface area contributed by atoms with Crippen LogP contribution < -0.4 is 10.1 Å². The summed E-state index contributed by atoms with van der Waals surface area (Å²) in [5, 5.41) is 7.11. The van der Waals surface area contributed by atoms with E-state index in [0.717, 1.165) is 11.4 Å². The second kappa shape index (κ2) is 5.79. The maximum absolute atomic E-state index is 12.5. The minimum atomic E-state index is -0.246. The molecule has 0 aromatic carbocycles. The Kier molecular flexibility index (Phi) is 4.21. The Morgan fingerprint density at radius 1 is 1.27 bits per heavy atom. The zero-order valence-corrected chi connectivity index (χ0v) is 13.9. The quantitative estimate of drug-likeness (QED) is 0.946. The molecule has 22 heavy (non-hydrogen) atoms. The fourth-order valence-electron chi connectivity index (χ4n) is 2.28. The number of hydrogen-bond donors (Lipinski definition) is 1.